The molecule has 2 heterocycles. The van der Waals surface area contributed by atoms with Crippen LogP contribution in [0.4, 0.5) is 0 Å². The zero-order valence-corrected chi connectivity index (χ0v) is 10.7. The average molecular weight is 302 g/mol. The first-order valence-corrected chi connectivity index (χ1v) is 5.56. The fourth-order valence-corrected chi connectivity index (χ4v) is 2.24. The van der Waals surface area contributed by atoms with Crippen LogP contribution in [-0.2, 0) is 6.42 Å². The van der Waals surface area contributed by atoms with Gasteiger partial charge in [0, 0.05) is 17.1 Å². The second-order valence-corrected chi connectivity index (χ2v) is 4.47. The van der Waals surface area contributed by atoms with Gasteiger partial charge in [-0.15, -0.1) is 12.4 Å². The second-order valence-electron chi connectivity index (χ2n) is 3.56. The molecule has 0 radical (unpaired) electrons. The van der Waals surface area contributed by atoms with Crippen LogP contribution in [0, 0.1) is 0 Å². The largest absolute Gasteiger partial charge is 0.483 e. The Labute approximate surface area is 108 Å². The highest BCUT2D eigenvalue weighted by atomic mass is 79.9. The minimum Gasteiger partial charge on any atom is -0.483 e. The standard InChI is InChI=1S/C11H9BrN2O.ClH/c12-8-1-2-10-7(3-8)4-11(15-10)9-5-13-6-14-9;/h1-3,5-6,11H,4H2,(H,13,14);1H. The molecule has 1 aromatic carbocycles. The lowest BCUT2D eigenvalue weighted by Gasteiger charge is -2.06. The third kappa shape index (κ3) is 1.95. The molecule has 1 aromatic heterocycles. The highest BCUT2D eigenvalue weighted by molar-refractivity contribution is 9.10. The van der Waals surface area contributed by atoms with E-state index in [0.717, 1.165) is 22.3 Å². The van der Waals surface area contributed by atoms with Crippen LogP contribution in [0.25, 0.3) is 0 Å². The van der Waals surface area contributed by atoms with Crippen molar-refractivity contribution in [3.63, 3.8) is 0 Å². The Morgan fingerprint density at radius 2 is 2.31 bits per heavy atom. The molecular formula is C11H10BrClN2O. The van der Waals surface area contributed by atoms with Crippen LogP contribution in [-0.4, -0.2) is 9.97 Å². The zero-order valence-electron chi connectivity index (χ0n) is 8.31. The van der Waals surface area contributed by atoms with E-state index in [9.17, 15) is 0 Å². The Morgan fingerprint density at radius 3 is 3.06 bits per heavy atom. The molecule has 0 amide bonds. The molecule has 2 aromatic rings. The number of aromatic nitrogens is 2. The van der Waals surface area contributed by atoms with Gasteiger partial charge in [-0.25, -0.2) is 4.98 Å². The monoisotopic (exact) mass is 300 g/mol. The summed E-state index contributed by atoms with van der Waals surface area (Å²) in [6.45, 7) is 0. The number of imidazole rings is 1. The number of benzene rings is 1. The summed E-state index contributed by atoms with van der Waals surface area (Å²) in [6, 6.07) is 6.08. The SMILES string of the molecule is Brc1ccc2c(c1)CC(c1c[nH]cn1)O2.Cl. The Morgan fingerprint density at radius 1 is 1.44 bits per heavy atom. The molecule has 1 atom stereocenters. The van der Waals surface area contributed by atoms with Gasteiger partial charge in [0.1, 0.15) is 11.9 Å². The average Bonchev–Trinajstić information content (AvgIpc) is 2.84. The van der Waals surface area contributed by atoms with E-state index in [-0.39, 0.29) is 18.5 Å². The number of nitrogens with zero attached hydrogens (tertiary/aromatic N) is 1. The van der Waals surface area contributed by atoms with Gasteiger partial charge in [-0.3, -0.25) is 0 Å². The fraction of sp³-hybridized carbons (Fsp3) is 0.182. The highest BCUT2D eigenvalue weighted by Crippen LogP contribution is 2.37. The maximum absolute atomic E-state index is 5.80. The minimum absolute atomic E-state index is 0. The number of H-pyrrole nitrogens is 1. The minimum atomic E-state index is 0. The molecule has 5 heteroatoms. The fourth-order valence-electron chi connectivity index (χ4n) is 1.83. The first-order chi connectivity index (χ1) is 7.33. The van der Waals surface area contributed by atoms with Crippen LogP contribution >= 0.6 is 28.3 Å². The van der Waals surface area contributed by atoms with E-state index in [0.29, 0.717) is 0 Å². The Bertz CT molecular complexity index is 487. The number of fused-ring (bicyclic) bond motifs is 1. The van der Waals surface area contributed by atoms with Crippen molar-refractivity contribution in [3.8, 4) is 5.75 Å². The third-order valence-electron chi connectivity index (χ3n) is 2.55. The molecule has 1 aliphatic rings. The molecule has 0 saturated carbocycles. The summed E-state index contributed by atoms with van der Waals surface area (Å²) >= 11 is 3.46. The van der Waals surface area contributed by atoms with Crippen LogP contribution in [0.5, 0.6) is 5.75 Å². The number of ether oxygens (including phenoxy) is 1. The second kappa shape index (κ2) is 4.47. The van der Waals surface area contributed by atoms with Gasteiger partial charge in [0.25, 0.3) is 0 Å². The molecule has 0 fully saturated rings. The molecule has 0 bridgehead atoms. The maximum atomic E-state index is 5.80. The van der Waals surface area contributed by atoms with Crippen molar-refractivity contribution < 1.29 is 4.74 Å². The first kappa shape index (κ1) is 11.5. The number of aromatic amines is 1. The van der Waals surface area contributed by atoms with E-state index in [1.165, 1.54) is 5.56 Å². The number of halogens is 2. The molecular weight excluding hydrogens is 291 g/mol. The lowest BCUT2D eigenvalue weighted by Crippen LogP contribution is -2.02. The van der Waals surface area contributed by atoms with Gasteiger partial charge in [-0.2, -0.15) is 0 Å². The summed E-state index contributed by atoms with van der Waals surface area (Å²) in [5, 5.41) is 0. The molecule has 3 nitrogen and oxygen atoms in total. The predicted octanol–water partition coefficient (Wildman–Crippen LogP) is 3.27. The van der Waals surface area contributed by atoms with Crippen molar-refractivity contribution >= 4 is 28.3 Å². The summed E-state index contributed by atoms with van der Waals surface area (Å²) in [4.78, 5) is 7.16. The maximum Gasteiger partial charge on any atom is 0.146 e. The molecule has 0 saturated heterocycles. The lowest BCUT2D eigenvalue weighted by atomic mass is 10.1. The Balaban J connectivity index is 0.000000963. The van der Waals surface area contributed by atoms with Crippen molar-refractivity contribution in [2.24, 2.45) is 0 Å². The summed E-state index contributed by atoms with van der Waals surface area (Å²) < 4.78 is 6.89. The van der Waals surface area contributed by atoms with Crippen LogP contribution in [0.15, 0.2) is 35.2 Å². The van der Waals surface area contributed by atoms with Crippen LogP contribution in [0.1, 0.15) is 17.4 Å². The molecule has 3 rings (SSSR count). The van der Waals surface area contributed by atoms with E-state index in [2.05, 4.69) is 32.0 Å². The molecule has 1 aliphatic heterocycles. The summed E-state index contributed by atoms with van der Waals surface area (Å²) in [6.07, 6.45) is 4.50. The van der Waals surface area contributed by atoms with Gasteiger partial charge >= 0.3 is 0 Å². The Hall–Kier alpha value is -1.00. The van der Waals surface area contributed by atoms with E-state index in [1.807, 2.05) is 18.3 Å². The van der Waals surface area contributed by atoms with Crippen LogP contribution in [0.3, 0.4) is 0 Å². The number of rotatable bonds is 1. The summed E-state index contributed by atoms with van der Waals surface area (Å²) in [5.41, 5.74) is 2.19. The molecule has 1 unspecified atom stereocenters. The van der Waals surface area contributed by atoms with E-state index < -0.39 is 0 Å². The smallest absolute Gasteiger partial charge is 0.146 e. The van der Waals surface area contributed by atoms with Crippen molar-refractivity contribution in [2.45, 2.75) is 12.5 Å². The normalized spacial score (nSPS) is 17.4. The number of hydrogen-bond acceptors (Lipinski definition) is 2. The molecule has 16 heavy (non-hydrogen) atoms. The van der Waals surface area contributed by atoms with Gasteiger partial charge in [0.05, 0.1) is 12.0 Å². The van der Waals surface area contributed by atoms with Crippen molar-refractivity contribution in [2.75, 3.05) is 0 Å². The highest BCUT2D eigenvalue weighted by Gasteiger charge is 2.25. The molecule has 0 spiro atoms. The van der Waals surface area contributed by atoms with Gasteiger partial charge < -0.3 is 9.72 Å². The van der Waals surface area contributed by atoms with Gasteiger partial charge in [0.15, 0.2) is 0 Å². The quantitative estimate of drug-likeness (QED) is 0.878. The molecule has 84 valence electrons. The van der Waals surface area contributed by atoms with Crippen molar-refractivity contribution in [1.82, 2.24) is 9.97 Å². The van der Waals surface area contributed by atoms with Crippen LogP contribution in [0.2, 0.25) is 0 Å². The number of nitrogens with one attached hydrogen (secondary N) is 1. The van der Waals surface area contributed by atoms with Crippen molar-refractivity contribution in [1.29, 1.82) is 0 Å². The summed E-state index contributed by atoms with van der Waals surface area (Å²) in [5.74, 6) is 0.964. The third-order valence-corrected chi connectivity index (χ3v) is 3.04. The predicted molar refractivity (Wildman–Crippen MR) is 67.1 cm³/mol. The van der Waals surface area contributed by atoms with E-state index >= 15 is 0 Å². The molecule has 0 aliphatic carbocycles. The van der Waals surface area contributed by atoms with Crippen LogP contribution < -0.4 is 4.74 Å². The summed E-state index contributed by atoms with van der Waals surface area (Å²) in [7, 11) is 0. The van der Waals surface area contributed by atoms with Gasteiger partial charge in [-0.1, -0.05) is 15.9 Å². The topological polar surface area (TPSA) is 37.9 Å². The van der Waals surface area contributed by atoms with Crippen molar-refractivity contribution in [3.05, 3.63) is 46.5 Å². The van der Waals surface area contributed by atoms with E-state index in [4.69, 9.17) is 4.74 Å². The number of hydrogen-bond donors (Lipinski definition) is 1. The lowest BCUT2D eigenvalue weighted by molar-refractivity contribution is 0.234. The first-order valence-electron chi connectivity index (χ1n) is 4.77. The Kier molecular flexibility index (Phi) is 3.21. The van der Waals surface area contributed by atoms with Gasteiger partial charge in [0.2, 0.25) is 0 Å². The van der Waals surface area contributed by atoms with E-state index in [1.54, 1.807) is 6.33 Å². The zero-order chi connectivity index (χ0) is 10.3. The molecule has 1 N–H and O–H groups in total. The van der Waals surface area contributed by atoms with Gasteiger partial charge in [-0.05, 0) is 23.8 Å².